The molecule has 0 aliphatic carbocycles. The van der Waals surface area contributed by atoms with E-state index in [1.54, 1.807) is 11.8 Å². The van der Waals surface area contributed by atoms with Gasteiger partial charge in [0.15, 0.2) is 0 Å². The molecule has 1 aromatic carbocycles. The van der Waals surface area contributed by atoms with Gasteiger partial charge in [-0.15, -0.1) is 11.8 Å². The van der Waals surface area contributed by atoms with Crippen molar-refractivity contribution in [3.63, 3.8) is 0 Å². The molecule has 0 bridgehead atoms. The van der Waals surface area contributed by atoms with Crippen LogP contribution in [0.25, 0.3) is 0 Å². The number of aryl methyl sites for hydroxylation is 1. The quantitative estimate of drug-likeness (QED) is 0.747. The van der Waals surface area contributed by atoms with E-state index in [-0.39, 0.29) is 18.0 Å². The fourth-order valence-corrected chi connectivity index (χ4v) is 4.08. The predicted octanol–water partition coefficient (Wildman–Crippen LogP) is 2.57. The highest BCUT2D eigenvalue weighted by atomic mass is 32.2. The first kappa shape index (κ1) is 18.0. The Kier molecular flexibility index (Phi) is 6.18. The highest BCUT2D eigenvalue weighted by Gasteiger charge is 2.33. The van der Waals surface area contributed by atoms with Crippen LogP contribution in [0.5, 0.6) is 0 Å². The van der Waals surface area contributed by atoms with Crippen LogP contribution in [0.2, 0.25) is 0 Å². The maximum Gasteiger partial charge on any atom is 0.241 e. The minimum Gasteiger partial charge on any atom is -0.353 e. The lowest BCUT2D eigenvalue weighted by Gasteiger charge is -2.23. The monoisotopic (exact) mass is 358 g/mol. The molecule has 5 nitrogen and oxygen atoms in total. The van der Waals surface area contributed by atoms with Crippen molar-refractivity contribution in [1.29, 1.82) is 0 Å². The van der Waals surface area contributed by atoms with Crippen molar-refractivity contribution >= 4 is 17.7 Å². The summed E-state index contributed by atoms with van der Waals surface area (Å²) in [6.07, 6.45) is 2.81. The van der Waals surface area contributed by atoms with E-state index in [2.05, 4.69) is 33.6 Å². The third-order valence-corrected chi connectivity index (χ3v) is 5.60. The highest BCUT2D eigenvalue weighted by Crippen LogP contribution is 2.23. The Bertz CT molecular complexity index is 688. The van der Waals surface area contributed by atoms with Crippen LogP contribution in [0.4, 0.5) is 0 Å². The van der Waals surface area contributed by atoms with Gasteiger partial charge >= 0.3 is 0 Å². The first-order valence-electron chi connectivity index (χ1n) is 8.78. The van der Waals surface area contributed by atoms with E-state index in [9.17, 15) is 4.79 Å². The second kappa shape index (κ2) is 8.56. The summed E-state index contributed by atoms with van der Waals surface area (Å²) >= 11 is 1.79. The van der Waals surface area contributed by atoms with E-state index < -0.39 is 0 Å². The summed E-state index contributed by atoms with van der Waals surface area (Å²) in [6, 6.07) is 14.5. The van der Waals surface area contributed by atoms with E-state index in [1.807, 2.05) is 49.3 Å². The molecule has 6 heteroatoms. The lowest BCUT2D eigenvalue weighted by Crippen LogP contribution is -2.46. The Balaban J connectivity index is 1.51. The summed E-state index contributed by atoms with van der Waals surface area (Å²) in [5.41, 5.74) is 7.65. The molecule has 2 aromatic rings. The molecule has 2 heterocycles. The zero-order chi connectivity index (χ0) is 17.6. The number of carbonyl (C=O) groups is 1. The van der Waals surface area contributed by atoms with Crippen LogP contribution < -0.4 is 10.9 Å². The number of rotatable bonds is 7. The van der Waals surface area contributed by atoms with Gasteiger partial charge in [-0.25, -0.2) is 10.9 Å². The van der Waals surface area contributed by atoms with Crippen LogP contribution in [0.1, 0.15) is 25.1 Å². The largest absolute Gasteiger partial charge is 0.353 e. The first-order chi connectivity index (χ1) is 12.2. The van der Waals surface area contributed by atoms with Crippen molar-refractivity contribution in [1.82, 2.24) is 20.3 Å². The third-order valence-electron chi connectivity index (χ3n) is 4.61. The van der Waals surface area contributed by atoms with Crippen LogP contribution in [-0.2, 0) is 11.8 Å². The summed E-state index contributed by atoms with van der Waals surface area (Å²) in [5, 5.41) is 0. The van der Waals surface area contributed by atoms with Gasteiger partial charge in [-0.1, -0.05) is 18.2 Å². The fourth-order valence-electron chi connectivity index (χ4n) is 3.18. The van der Waals surface area contributed by atoms with Crippen molar-refractivity contribution in [3.8, 4) is 0 Å². The SMILES string of the molecule is CCN(CCSc1ccccc1)C(=O)C1CC(c2cccn2C)NN1. The van der Waals surface area contributed by atoms with Crippen LogP contribution >= 0.6 is 11.8 Å². The maximum absolute atomic E-state index is 12.8. The van der Waals surface area contributed by atoms with E-state index in [1.165, 1.54) is 10.6 Å². The predicted molar refractivity (Wildman–Crippen MR) is 102 cm³/mol. The van der Waals surface area contributed by atoms with Crippen molar-refractivity contribution < 1.29 is 4.79 Å². The number of hydrogen-bond acceptors (Lipinski definition) is 4. The topological polar surface area (TPSA) is 49.3 Å². The van der Waals surface area contributed by atoms with Gasteiger partial charge in [0.25, 0.3) is 0 Å². The first-order valence-corrected chi connectivity index (χ1v) is 9.76. The molecule has 1 aliphatic rings. The number of thioether (sulfide) groups is 1. The summed E-state index contributed by atoms with van der Waals surface area (Å²) in [5.74, 6) is 1.09. The summed E-state index contributed by atoms with van der Waals surface area (Å²) in [4.78, 5) is 16.0. The van der Waals surface area contributed by atoms with Crippen LogP contribution in [0.15, 0.2) is 53.6 Å². The molecule has 3 rings (SSSR count). The molecule has 0 saturated carbocycles. The van der Waals surface area contributed by atoms with Gasteiger partial charge in [-0.3, -0.25) is 4.79 Å². The van der Waals surface area contributed by atoms with Crippen molar-refractivity contribution in [3.05, 3.63) is 54.4 Å². The third kappa shape index (κ3) is 4.45. The number of benzene rings is 1. The summed E-state index contributed by atoms with van der Waals surface area (Å²) < 4.78 is 2.10. The molecule has 134 valence electrons. The molecule has 0 radical (unpaired) electrons. The van der Waals surface area contributed by atoms with Gasteiger partial charge in [0.1, 0.15) is 6.04 Å². The lowest BCUT2D eigenvalue weighted by atomic mass is 10.1. The van der Waals surface area contributed by atoms with Gasteiger partial charge in [-0.2, -0.15) is 0 Å². The second-order valence-corrected chi connectivity index (χ2v) is 7.42. The highest BCUT2D eigenvalue weighted by molar-refractivity contribution is 7.99. The van der Waals surface area contributed by atoms with Gasteiger partial charge in [0.05, 0.1) is 6.04 Å². The van der Waals surface area contributed by atoms with E-state index in [4.69, 9.17) is 0 Å². The summed E-state index contributed by atoms with van der Waals surface area (Å²) in [6.45, 7) is 3.55. The molecule has 2 atom stereocenters. The molecule has 1 aliphatic heterocycles. The number of nitrogens with one attached hydrogen (secondary N) is 2. The van der Waals surface area contributed by atoms with E-state index in [0.29, 0.717) is 0 Å². The van der Waals surface area contributed by atoms with Crippen LogP contribution in [0.3, 0.4) is 0 Å². The molecule has 1 amide bonds. The smallest absolute Gasteiger partial charge is 0.241 e. The number of nitrogens with zero attached hydrogens (tertiary/aromatic N) is 2. The molecule has 0 spiro atoms. The number of likely N-dealkylation sites (N-methyl/N-ethyl adjacent to an activating group) is 1. The normalized spacial score (nSPS) is 19.9. The molecule has 1 aromatic heterocycles. The Morgan fingerprint density at radius 2 is 2.04 bits per heavy atom. The van der Waals surface area contributed by atoms with E-state index in [0.717, 1.165) is 25.3 Å². The van der Waals surface area contributed by atoms with Crippen LogP contribution in [0, 0.1) is 0 Å². The molecule has 2 N–H and O–H groups in total. The molecule has 2 unspecified atom stereocenters. The minimum atomic E-state index is -0.165. The average Bonchev–Trinajstić information content (AvgIpc) is 3.28. The Morgan fingerprint density at radius 3 is 2.72 bits per heavy atom. The number of aromatic nitrogens is 1. The van der Waals surface area contributed by atoms with Crippen molar-refractivity contribution in [2.24, 2.45) is 7.05 Å². The molecule has 1 saturated heterocycles. The lowest BCUT2D eigenvalue weighted by molar-refractivity contribution is -0.132. The minimum absolute atomic E-state index is 0.165. The second-order valence-electron chi connectivity index (χ2n) is 6.25. The van der Waals surface area contributed by atoms with Crippen LogP contribution in [-0.4, -0.2) is 40.3 Å². The average molecular weight is 359 g/mol. The number of hydrogen-bond donors (Lipinski definition) is 2. The van der Waals surface area contributed by atoms with Gasteiger partial charge < -0.3 is 9.47 Å². The van der Waals surface area contributed by atoms with Gasteiger partial charge in [0, 0.05) is 42.7 Å². The Labute approximate surface area is 153 Å². The molecule has 1 fully saturated rings. The van der Waals surface area contributed by atoms with Gasteiger partial charge in [-0.05, 0) is 37.6 Å². The molecular weight excluding hydrogens is 332 g/mol. The Hall–Kier alpha value is -1.76. The molecular formula is C19H26N4OS. The number of amides is 1. The zero-order valence-electron chi connectivity index (χ0n) is 14.8. The maximum atomic E-state index is 12.8. The summed E-state index contributed by atoms with van der Waals surface area (Å²) in [7, 11) is 2.03. The molecule has 25 heavy (non-hydrogen) atoms. The zero-order valence-corrected chi connectivity index (χ0v) is 15.6. The van der Waals surface area contributed by atoms with Gasteiger partial charge in [0.2, 0.25) is 5.91 Å². The Morgan fingerprint density at radius 1 is 1.24 bits per heavy atom. The number of carbonyl (C=O) groups excluding carboxylic acids is 1. The van der Waals surface area contributed by atoms with Crippen molar-refractivity contribution in [2.75, 3.05) is 18.8 Å². The van der Waals surface area contributed by atoms with Crippen molar-refractivity contribution in [2.45, 2.75) is 30.3 Å². The fraction of sp³-hybridized carbons (Fsp3) is 0.421. The standard InChI is InChI=1S/C19H26N4OS/c1-3-23(12-13-25-15-8-5-4-6-9-15)19(24)17-14-16(20-21-17)18-10-7-11-22(18)2/h4-11,16-17,20-21H,3,12-14H2,1-2H3. The number of hydrazine groups is 1. The van der Waals surface area contributed by atoms with E-state index >= 15 is 0 Å².